The predicted octanol–water partition coefficient (Wildman–Crippen LogP) is 3.20. The SMILES string of the molecule is CC(C)n1cnnc1SCc1c(F)cccc1[N+](=O)[O-]. The number of rotatable bonds is 5. The molecular weight excluding hydrogens is 283 g/mol. The van der Waals surface area contributed by atoms with Gasteiger partial charge >= 0.3 is 0 Å². The number of hydrogen-bond acceptors (Lipinski definition) is 5. The number of halogens is 1. The highest BCUT2D eigenvalue weighted by Crippen LogP contribution is 2.29. The summed E-state index contributed by atoms with van der Waals surface area (Å²) >= 11 is 1.23. The minimum Gasteiger partial charge on any atom is -0.306 e. The van der Waals surface area contributed by atoms with E-state index >= 15 is 0 Å². The summed E-state index contributed by atoms with van der Waals surface area (Å²) in [6, 6.07) is 4.02. The highest BCUT2D eigenvalue weighted by Gasteiger charge is 2.19. The molecule has 0 N–H and O–H groups in total. The number of benzene rings is 1. The van der Waals surface area contributed by atoms with Crippen LogP contribution in [0.4, 0.5) is 10.1 Å². The van der Waals surface area contributed by atoms with Crippen LogP contribution < -0.4 is 0 Å². The van der Waals surface area contributed by atoms with Crippen LogP contribution in [0.5, 0.6) is 0 Å². The zero-order valence-electron chi connectivity index (χ0n) is 11.0. The number of nitro benzene ring substituents is 1. The molecular formula is C12H13FN4O2S. The first-order valence-corrected chi connectivity index (χ1v) is 6.93. The predicted molar refractivity (Wildman–Crippen MR) is 73.0 cm³/mol. The third-order valence-corrected chi connectivity index (χ3v) is 3.72. The van der Waals surface area contributed by atoms with Crippen LogP contribution in [0.2, 0.25) is 0 Å². The van der Waals surface area contributed by atoms with Gasteiger partial charge in [0, 0.05) is 17.9 Å². The lowest BCUT2D eigenvalue weighted by atomic mass is 10.2. The van der Waals surface area contributed by atoms with E-state index in [1.54, 1.807) is 6.33 Å². The highest BCUT2D eigenvalue weighted by atomic mass is 32.2. The van der Waals surface area contributed by atoms with Crippen molar-refractivity contribution in [1.82, 2.24) is 14.8 Å². The summed E-state index contributed by atoms with van der Waals surface area (Å²) in [4.78, 5) is 10.3. The van der Waals surface area contributed by atoms with E-state index in [0.717, 1.165) is 0 Å². The summed E-state index contributed by atoms with van der Waals surface area (Å²) in [5.74, 6) is -0.448. The van der Waals surface area contributed by atoms with Gasteiger partial charge in [-0.25, -0.2) is 4.39 Å². The van der Waals surface area contributed by atoms with Crippen LogP contribution in [0.1, 0.15) is 25.5 Å². The normalized spacial score (nSPS) is 11.0. The van der Waals surface area contributed by atoms with Crippen LogP contribution in [-0.2, 0) is 5.75 Å². The number of nitrogens with zero attached hydrogens (tertiary/aromatic N) is 4. The van der Waals surface area contributed by atoms with Crippen molar-refractivity contribution in [2.24, 2.45) is 0 Å². The fraction of sp³-hybridized carbons (Fsp3) is 0.333. The van der Waals surface area contributed by atoms with Crippen molar-refractivity contribution in [2.75, 3.05) is 0 Å². The molecule has 0 radical (unpaired) electrons. The van der Waals surface area contributed by atoms with Crippen LogP contribution in [0, 0.1) is 15.9 Å². The van der Waals surface area contributed by atoms with Crippen molar-refractivity contribution in [2.45, 2.75) is 30.8 Å². The molecule has 0 unspecified atom stereocenters. The number of nitro groups is 1. The van der Waals surface area contributed by atoms with Crippen molar-refractivity contribution in [3.8, 4) is 0 Å². The second-order valence-electron chi connectivity index (χ2n) is 4.40. The first kappa shape index (κ1) is 14.4. The Hall–Kier alpha value is -1.96. The van der Waals surface area contributed by atoms with Crippen LogP contribution >= 0.6 is 11.8 Å². The van der Waals surface area contributed by atoms with Gasteiger partial charge in [0.2, 0.25) is 0 Å². The Morgan fingerprint density at radius 2 is 2.25 bits per heavy atom. The van der Waals surface area contributed by atoms with E-state index in [0.29, 0.717) is 5.16 Å². The molecule has 0 amide bonds. The Bertz CT molecular complexity index is 630. The smallest absolute Gasteiger partial charge is 0.276 e. The van der Waals surface area contributed by atoms with Gasteiger partial charge in [-0.1, -0.05) is 17.8 Å². The summed E-state index contributed by atoms with van der Waals surface area (Å²) in [7, 11) is 0. The van der Waals surface area contributed by atoms with Gasteiger partial charge in [-0.15, -0.1) is 10.2 Å². The summed E-state index contributed by atoms with van der Waals surface area (Å²) in [5, 5.41) is 19.3. The molecule has 20 heavy (non-hydrogen) atoms. The first-order valence-electron chi connectivity index (χ1n) is 5.94. The maximum atomic E-state index is 13.7. The Labute approximate surface area is 119 Å². The van der Waals surface area contributed by atoms with Gasteiger partial charge in [0.05, 0.1) is 10.5 Å². The fourth-order valence-corrected chi connectivity index (χ4v) is 2.76. The van der Waals surface area contributed by atoms with Gasteiger partial charge in [0.25, 0.3) is 5.69 Å². The molecule has 1 aromatic carbocycles. The van der Waals surface area contributed by atoms with E-state index in [1.807, 2.05) is 18.4 Å². The largest absolute Gasteiger partial charge is 0.306 e. The Balaban J connectivity index is 2.23. The van der Waals surface area contributed by atoms with E-state index in [2.05, 4.69) is 10.2 Å². The van der Waals surface area contributed by atoms with Crippen LogP contribution in [0.3, 0.4) is 0 Å². The van der Waals surface area contributed by atoms with Crippen LogP contribution in [0.15, 0.2) is 29.7 Å². The molecule has 2 rings (SSSR count). The third kappa shape index (κ3) is 2.96. The maximum Gasteiger partial charge on any atom is 0.276 e. The highest BCUT2D eigenvalue weighted by molar-refractivity contribution is 7.98. The summed E-state index contributed by atoms with van der Waals surface area (Å²) in [5.41, 5.74) is -0.145. The minimum atomic E-state index is -0.581. The third-order valence-electron chi connectivity index (χ3n) is 2.73. The molecule has 0 aliphatic heterocycles. The van der Waals surface area contributed by atoms with E-state index in [-0.39, 0.29) is 23.0 Å². The van der Waals surface area contributed by atoms with Crippen LogP contribution in [0.25, 0.3) is 0 Å². The van der Waals surface area contributed by atoms with Gasteiger partial charge in [-0.2, -0.15) is 0 Å². The maximum absolute atomic E-state index is 13.7. The molecule has 0 aliphatic carbocycles. The first-order chi connectivity index (χ1) is 9.50. The molecule has 6 nitrogen and oxygen atoms in total. The van der Waals surface area contributed by atoms with Gasteiger partial charge in [0.15, 0.2) is 5.16 Å². The summed E-state index contributed by atoms with van der Waals surface area (Å²) in [6.45, 7) is 3.94. The lowest BCUT2D eigenvalue weighted by molar-refractivity contribution is -0.385. The van der Waals surface area contributed by atoms with Gasteiger partial charge in [-0.3, -0.25) is 10.1 Å². The van der Waals surface area contributed by atoms with Gasteiger partial charge in [0.1, 0.15) is 12.1 Å². The Morgan fingerprint density at radius 3 is 2.90 bits per heavy atom. The van der Waals surface area contributed by atoms with Crippen molar-refractivity contribution < 1.29 is 9.31 Å². The zero-order valence-corrected chi connectivity index (χ0v) is 11.8. The molecule has 0 fully saturated rings. The zero-order chi connectivity index (χ0) is 14.7. The molecule has 1 aromatic heterocycles. The van der Waals surface area contributed by atoms with Gasteiger partial charge < -0.3 is 4.57 Å². The van der Waals surface area contributed by atoms with Crippen molar-refractivity contribution in [3.63, 3.8) is 0 Å². The summed E-state index contributed by atoms with van der Waals surface area (Å²) in [6.07, 6.45) is 1.59. The second kappa shape index (κ2) is 6.00. The van der Waals surface area contributed by atoms with Crippen molar-refractivity contribution in [1.29, 1.82) is 0 Å². The molecule has 1 heterocycles. The van der Waals surface area contributed by atoms with Gasteiger partial charge in [-0.05, 0) is 19.9 Å². The van der Waals surface area contributed by atoms with E-state index in [9.17, 15) is 14.5 Å². The number of hydrogen-bond donors (Lipinski definition) is 0. The molecule has 2 aromatic rings. The standard InChI is InChI=1S/C12H13FN4O2S/c1-8(2)16-7-14-15-12(16)20-6-9-10(13)4-3-5-11(9)17(18)19/h3-5,7-8H,6H2,1-2H3. The monoisotopic (exact) mass is 296 g/mol. The topological polar surface area (TPSA) is 73.8 Å². The lowest BCUT2D eigenvalue weighted by Gasteiger charge is -2.09. The molecule has 0 spiro atoms. The summed E-state index contributed by atoms with van der Waals surface area (Å²) < 4.78 is 15.6. The van der Waals surface area contributed by atoms with E-state index in [1.165, 1.54) is 30.0 Å². The average molecular weight is 296 g/mol. The second-order valence-corrected chi connectivity index (χ2v) is 5.34. The average Bonchev–Trinajstić information content (AvgIpc) is 2.85. The molecule has 0 bridgehead atoms. The van der Waals surface area contributed by atoms with Crippen LogP contribution in [-0.4, -0.2) is 19.7 Å². The molecule has 0 atom stereocenters. The Kier molecular flexibility index (Phi) is 4.33. The molecule has 0 saturated carbocycles. The van der Waals surface area contributed by atoms with Crippen molar-refractivity contribution in [3.05, 3.63) is 46.0 Å². The lowest BCUT2D eigenvalue weighted by Crippen LogP contribution is -2.02. The van der Waals surface area contributed by atoms with E-state index in [4.69, 9.17) is 0 Å². The number of thioether (sulfide) groups is 1. The molecule has 0 saturated heterocycles. The van der Waals surface area contributed by atoms with E-state index < -0.39 is 10.7 Å². The quantitative estimate of drug-likeness (QED) is 0.481. The number of aromatic nitrogens is 3. The molecule has 0 aliphatic rings. The Morgan fingerprint density at radius 1 is 1.50 bits per heavy atom. The minimum absolute atomic E-state index is 0.0702. The molecule has 106 valence electrons. The fourth-order valence-electron chi connectivity index (χ4n) is 1.69. The molecule has 8 heteroatoms. The van der Waals surface area contributed by atoms with Crippen molar-refractivity contribution >= 4 is 17.4 Å².